The van der Waals surface area contributed by atoms with E-state index in [0.29, 0.717) is 38.7 Å². The zero-order valence-electron chi connectivity index (χ0n) is 13.5. The highest BCUT2D eigenvalue weighted by atomic mass is 16.5. The van der Waals surface area contributed by atoms with Crippen LogP contribution in [0, 0.1) is 0 Å². The highest BCUT2D eigenvalue weighted by molar-refractivity contribution is 5.76. The van der Waals surface area contributed by atoms with Gasteiger partial charge in [0.05, 0.1) is 19.8 Å². The molecule has 1 aromatic rings. The molecule has 1 N–H and O–H groups in total. The molecule has 5 nitrogen and oxygen atoms in total. The molecule has 0 aromatic heterocycles. The highest BCUT2D eigenvalue weighted by Gasteiger charge is 2.22. The van der Waals surface area contributed by atoms with Gasteiger partial charge in [-0.05, 0) is 18.1 Å². The fourth-order valence-electron chi connectivity index (χ4n) is 2.75. The molecule has 0 saturated heterocycles. The Morgan fingerprint density at radius 3 is 2.95 bits per heavy atom. The molecule has 1 unspecified atom stereocenters. The van der Waals surface area contributed by atoms with Gasteiger partial charge in [-0.2, -0.15) is 0 Å². The van der Waals surface area contributed by atoms with Gasteiger partial charge in [0, 0.05) is 45.3 Å². The number of nitrogens with zero attached hydrogens (tertiary/aromatic N) is 1. The second kappa shape index (κ2) is 8.76. The zero-order valence-corrected chi connectivity index (χ0v) is 13.5. The van der Waals surface area contributed by atoms with Gasteiger partial charge < -0.3 is 19.7 Å². The Balaban J connectivity index is 1.75. The summed E-state index contributed by atoms with van der Waals surface area (Å²) >= 11 is 0. The Morgan fingerprint density at radius 2 is 2.14 bits per heavy atom. The predicted molar refractivity (Wildman–Crippen MR) is 87.4 cm³/mol. The number of nitrogens with one attached hydrogen (secondary N) is 1. The largest absolute Gasteiger partial charge is 0.382 e. The van der Waals surface area contributed by atoms with Crippen molar-refractivity contribution in [2.24, 2.45) is 0 Å². The van der Waals surface area contributed by atoms with Crippen LogP contribution in [0.2, 0.25) is 0 Å². The van der Waals surface area contributed by atoms with E-state index in [9.17, 15) is 4.79 Å². The topological polar surface area (TPSA) is 50.8 Å². The summed E-state index contributed by atoms with van der Waals surface area (Å²) in [4.78, 5) is 14.1. The Hall–Kier alpha value is -1.59. The van der Waals surface area contributed by atoms with E-state index in [0.717, 1.165) is 13.0 Å². The Bertz CT molecular complexity index is 479. The van der Waals surface area contributed by atoms with Crippen molar-refractivity contribution in [3.63, 3.8) is 0 Å². The minimum absolute atomic E-state index is 0.0498. The third kappa shape index (κ3) is 4.71. The van der Waals surface area contributed by atoms with Crippen molar-refractivity contribution in [3.8, 4) is 0 Å². The molecule has 1 amide bonds. The van der Waals surface area contributed by atoms with Crippen molar-refractivity contribution in [3.05, 3.63) is 29.8 Å². The minimum Gasteiger partial charge on any atom is -0.382 e. The number of rotatable bonds is 8. The summed E-state index contributed by atoms with van der Waals surface area (Å²) in [5.74, 6) is 0.444. The van der Waals surface area contributed by atoms with Crippen LogP contribution in [0.5, 0.6) is 0 Å². The Morgan fingerprint density at radius 1 is 1.32 bits per heavy atom. The molecule has 0 spiro atoms. The van der Waals surface area contributed by atoms with Gasteiger partial charge in [-0.3, -0.25) is 4.79 Å². The average molecular weight is 306 g/mol. The molecule has 1 atom stereocenters. The second-order valence-electron chi connectivity index (χ2n) is 5.63. The number of hydrogen-bond acceptors (Lipinski definition) is 4. The SMILES string of the molecule is COCCOCCC(=O)NCC1CCN(C)c2ccccc21. The van der Waals surface area contributed by atoms with Crippen LogP contribution >= 0.6 is 0 Å². The number of benzene rings is 1. The van der Waals surface area contributed by atoms with E-state index in [1.807, 2.05) is 0 Å². The third-order valence-corrected chi connectivity index (χ3v) is 4.05. The molecular weight excluding hydrogens is 280 g/mol. The summed E-state index contributed by atoms with van der Waals surface area (Å²) in [7, 11) is 3.75. The van der Waals surface area contributed by atoms with Gasteiger partial charge in [-0.1, -0.05) is 18.2 Å². The van der Waals surface area contributed by atoms with Gasteiger partial charge in [0.1, 0.15) is 0 Å². The average Bonchev–Trinajstić information content (AvgIpc) is 2.54. The molecule has 5 heteroatoms. The first-order valence-corrected chi connectivity index (χ1v) is 7.86. The smallest absolute Gasteiger partial charge is 0.222 e. The molecule has 0 bridgehead atoms. The molecule has 1 aliphatic rings. The maximum absolute atomic E-state index is 11.9. The standard InChI is InChI=1S/C17H26N2O3/c1-19-9-7-14(15-5-3-4-6-16(15)19)13-18-17(20)8-10-22-12-11-21-2/h3-6,14H,7-13H2,1-2H3,(H,18,20). The van der Waals surface area contributed by atoms with Crippen LogP contribution in [-0.2, 0) is 14.3 Å². The lowest BCUT2D eigenvalue weighted by Crippen LogP contribution is -2.34. The third-order valence-electron chi connectivity index (χ3n) is 4.05. The lowest BCUT2D eigenvalue weighted by Gasteiger charge is -2.33. The molecule has 0 fully saturated rings. The van der Waals surface area contributed by atoms with Crippen LogP contribution in [0.3, 0.4) is 0 Å². The molecule has 1 aromatic carbocycles. The number of para-hydroxylation sites is 1. The summed E-state index contributed by atoms with van der Waals surface area (Å²) < 4.78 is 10.2. The lowest BCUT2D eigenvalue weighted by atomic mass is 9.90. The van der Waals surface area contributed by atoms with Gasteiger partial charge >= 0.3 is 0 Å². The maximum atomic E-state index is 11.9. The first kappa shape index (κ1) is 16.8. The molecule has 0 saturated carbocycles. The number of hydrogen-bond donors (Lipinski definition) is 1. The molecule has 0 aliphatic carbocycles. The van der Waals surface area contributed by atoms with Crippen LogP contribution < -0.4 is 10.2 Å². The Labute approximate surface area is 132 Å². The molecular formula is C17H26N2O3. The number of carbonyl (C=O) groups excluding carboxylic acids is 1. The number of amides is 1. The highest BCUT2D eigenvalue weighted by Crippen LogP contribution is 2.33. The maximum Gasteiger partial charge on any atom is 0.222 e. The number of ether oxygens (including phenoxy) is 2. The minimum atomic E-state index is 0.0498. The molecule has 2 rings (SSSR count). The number of fused-ring (bicyclic) bond motifs is 1. The first-order chi connectivity index (χ1) is 10.7. The van der Waals surface area contributed by atoms with Gasteiger partial charge in [-0.25, -0.2) is 0 Å². The van der Waals surface area contributed by atoms with Crippen molar-refractivity contribution in [2.75, 3.05) is 52.0 Å². The second-order valence-corrected chi connectivity index (χ2v) is 5.63. The summed E-state index contributed by atoms with van der Waals surface area (Å²) in [5.41, 5.74) is 2.60. The van der Waals surface area contributed by atoms with Crippen LogP contribution in [0.25, 0.3) is 0 Å². The van der Waals surface area contributed by atoms with Crippen molar-refractivity contribution >= 4 is 11.6 Å². The van der Waals surface area contributed by atoms with E-state index in [-0.39, 0.29) is 5.91 Å². The number of carbonyl (C=O) groups is 1. The van der Waals surface area contributed by atoms with Gasteiger partial charge in [0.25, 0.3) is 0 Å². The van der Waals surface area contributed by atoms with Gasteiger partial charge in [-0.15, -0.1) is 0 Å². The van der Waals surface area contributed by atoms with Crippen LogP contribution in [0.1, 0.15) is 24.3 Å². The van der Waals surface area contributed by atoms with E-state index in [1.165, 1.54) is 11.3 Å². The monoisotopic (exact) mass is 306 g/mol. The van der Waals surface area contributed by atoms with Crippen molar-refractivity contribution in [1.29, 1.82) is 0 Å². The summed E-state index contributed by atoms with van der Waals surface area (Å²) in [6, 6.07) is 8.44. The summed E-state index contributed by atoms with van der Waals surface area (Å²) in [6.45, 7) is 3.26. The molecule has 1 heterocycles. The van der Waals surface area contributed by atoms with E-state index in [2.05, 4.69) is 41.5 Å². The van der Waals surface area contributed by atoms with Crippen molar-refractivity contribution < 1.29 is 14.3 Å². The fraction of sp³-hybridized carbons (Fsp3) is 0.588. The number of anilines is 1. The van der Waals surface area contributed by atoms with E-state index in [4.69, 9.17) is 9.47 Å². The number of methoxy groups -OCH3 is 1. The zero-order chi connectivity index (χ0) is 15.8. The van der Waals surface area contributed by atoms with E-state index in [1.54, 1.807) is 7.11 Å². The molecule has 22 heavy (non-hydrogen) atoms. The van der Waals surface area contributed by atoms with Crippen molar-refractivity contribution in [2.45, 2.75) is 18.8 Å². The Kier molecular flexibility index (Phi) is 6.68. The molecule has 122 valence electrons. The van der Waals surface area contributed by atoms with Crippen molar-refractivity contribution in [1.82, 2.24) is 5.32 Å². The normalized spacial score (nSPS) is 17.2. The predicted octanol–water partition coefficient (Wildman–Crippen LogP) is 1.78. The quantitative estimate of drug-likeness (QED) is 0.744. The van der Waals surface area contributed by atoms with E-state index < -0.39 is 0 Å². The van der Waals surface area contributed by atoms with Crippen LogP contribution in [0.15, 0.2) is 24.3 Å². The molecule has 1 aliphatic heterocycles. The fourth-order valence-corrected chi connectivity index (χ4v) is 2.75. The summed E-state index contributed by atoms with van der Waals surface area (Å²) in [6.07, 6.45) is 1.47. The van der Waals surface area contributed by atoms with Crippen LogP contribution in [-0.4, -0.2) is 53.0 Å². The van der Waals surface area contributed by atoms with Gasteiger partial charge in [0.2, 0.25) is 5.91 Å². The van der Waals surface area contributed by atoms with Crippen LogP contribution in [0.4, 0.5) is 5.69 Å². The summed E-state index contributed by atoms with van der Waals surface area (Å²) in [5, 5.41) is 3.03. The first-order valence-electron chi connectivity index (χ1n) is 7.86. The van der Waals surface area contributed by atoms with Gasteiger partial charge in [0.15, 0.2) is 0 Å². The van der Waals surface area contributed by atoms with E-state index >= 15 is 0 Å². The molecule has 0 radical (unpaired) electrons. The lowest BCUT2D eigenvalue weighted by molar-refractivity contribution is -0.122.